The van der Waals surface area contributed by atoms with Gasteiger partial charge in [0.25, 0.3) is 0 Å². The number of para-hydroxylation sites is 2. The summed E-state index contributed by atoms with van der Waals surface area (Å²) in [5, 5.41) is 8.61. The summed E-state index contributed by atoms with van der Waals surface area (Å²) in [5.41, 5.74) is 12.5. The Hall–Kier alpha value is -7.14. The largest absolute Gasteiger partial charge is 0.454 e. The summed E-state index contributed by atoms with van der Waals surface area (Å²) in [6.07, 6.45) is 4.24. The van der Waals surface area contributed by atoms with Crippen LogP contribution in [0.5, 0.6) is 0 Å². The molecule has 0 aliphatic heterocycles. The Morgan fingerprint density at radius 3 is 1.98 bits per heavy atom. The van der Waals surface area contributed by atoms with Crippen LogP contribution in [0.1, 0.15) is 12.8 Å². The number of hydrogen-bond acceptors (Lipinski definition) is 3. The number of furan rings is 1. The molecule has 0 amide bonds. The van der Waals surface area contributed by atoms with Gasteiger partial charge in [-0.05, 0) is 107 Å². The monoisotopic (exact) mass is 760 g/mol. The molecule has 1 aliphatic carbocycles. The lowest BCUT2D eigenvalue weighted by atomic mass is 10.0. The van der Waals surface area contributed by atoms with Crippen molar-refractivity contribution in [2.24, 2.45) is 0 Å². The standard InChI is InChI=1S/C54H36N2OS/c1-3-14-42-36(11-1)13-9-19-47(42)55(41-30-25-37(26-31-41)53-34-39-12-2-8-22-52(39)58-53)40-28-23-35(24-29-40)38-27-32-49-46(33-38)43-15-4-6-18-48(43)56(49)50-20-10-17-45-44-16-5-7-21-51(44)57-54(45)50/h1-9,11-19,21-34H,10,20H2. The minimum atomic E-state index is 0.921. The number of rotatable bonds is 6. The highest BCUT2D eigenvalue weighted by Crippen LogP contribution is 2.42. The maximum absolute atomic E-state index is 6.58. The fraction of sp³-hybridized carbons (Fsp3) is 0.0370. The summed E-state index contributed by atoms with van der Waals surface area (Å²) in [6.45, 7) is 0. The van der Waals surface area contributed by atoms with Crippen LogP contribution in [0.25, 0.3) is 87.0 Å². The van der Waals surface area contributed by atoms with Gasteiger partial charge < -0.3 is 13.9 Å². The van der Waals surface area contributed by atoms with Crippen molar-refractivity contribution in [3.05, 3.63) is 199 Å². The van der Waals surface area contributed by atoms with E-state index in [1.807, 2.05) is 11.3 Å². The lowest BCUT2D eigenvalue weighted by Gasteiger charge is -2.27. The fourth-order valence-electron chi connectivity index (χ4n) is 9.14. The first-order chi connectivity index (χ1) is 28.7. The zero-order valence-electron chi connectivity index (χ0n) is 31.6. The first kappa shape index (κ1) is 33.0. The molecule has 8 aromatic carbocycles. The van der Waals surface area contributed by atoms with Gasteiger partial charge >= 0.3 is 0 Å². The van der Waals surface area contributed by atoms with E-state index in [0.29, 0.717) is 0 Å². The maximum atomic E-state index is 6.58. The van der Waals surface area contributed by atoms with Crippen molar-refractivity contribution < 1.29 is 4.42 Å². The summed E-state index contributed by atoms with van der Waals surface area (Å²) in [6, 6.07) is 68.4. The molecular formula is C54H36N2OS. The number of hydrogen-bond donors (Lipinski definition) is 0. The fourth-order valence-corrected chi connectivity index (χ4v) is 10.2. The van der Waals surface area contributed by atoms with Crippen molar-refractivity contribution in [1.29, 1.82) is 0 Å². The van der Waals surface area contributed by atoms with Gasteiger partial charge in [-0.1, -0.05) is 127 Å². The van der Waals surface area contributed by atoms with Crippen molar-refractivity contribution in [2.45, 2.75) is 12.8 Å². The molecule has 0 spiro atoms. The Kier molecular flexibility index (Phi) is 7.54. The first-order valence-corrected chi connectivity index (χ1v) is 20.8. The van der Waals surface area contributed by atoms with Crippen LogP contribution in [-0.4, -0.2) is 4.57 Å². The highest BCUT2D eigenvalue weighted by atomic mass is 32.1. The normalized spacial score (nSPS) is 12.8. The molecule has 274 valence electrons. The Balaban J connectivity index is 0.960. The lowest BCUT2D eigenvalue weighted by molar-refractivity contribution is 0.564. The third-order valence-corrected chi connectivity index (χ3v) is 13.0. The van der Waals surface area contributed by atoms with E-state index in [-0.39, 0.29) is 0 Å². The second-order valence-corrected chi connectivity index (χ2v) is 16.3. The predicted octanol–water partition coefficient (Wildman–Crippen LogP) is 13.9. The number of benzene rings is 8. The molecule has 58 heavy (non-hydrogen) atoms. The summed E-state index contributed by atoms with van der Waals surface area (Å²) in [7, 11) is 0. The Labute approximate surface area is 339 Å². The number of thiophene rings is 1. The molecule has 1 aliphatic rings. The third kappa shape index (κ3) is 5.26. The van der Waals surface area contributed by atoms with Crippen LogP contribution in [0.4, 0.5) is 17.1 Å². The number of anilines is 3. The zero-order chi connectivity index (χ0) is 38.2. The summed E-state index contributed by atoms with van der Waals surface area (Å²) >= 11 is 1.84. The quantitative estimate of drug-likeness (QED) is 0.168. The van der Waals surface area contributed by atoms with Crippen LogP contribution in [0.15, 0.2) is 192 Å². The van der Waals surface area contributed by atoms with Gasteiger partial charge in [0, 0.05) is 47.7 Å². The lowest BCUT2D eigenvalue weighted by Crippen LogP contribution is -2.28. The molecular weight excluding hydrogens is 725 g/mol. The first-order valence-electron chi connectivity index (χ1n) is 20.0. The van der Waals surface area contributed by atoms with Crippen molar-refractivity contribution in [1.82, 2.24) is 4.57 Å². The minimum absolute atomic E-state index is 0.921. The zero-order valence-corrected chi connectivity index (χ0v) is 32.4. The minimum Gasteiger partial charge on any atom is -0.454 e. The molecule has 12 rings (SSSR count). The summed E-state index contributed by atoms with van der Waals surface area (Å²) in [5.74, 6) is 0. The van der Waals surface area contributed by atoms with Crippen LogP contribution < -0.4 is 15.5 Å². The SMILES string of the molecule is C1=c2c(oc3ccccc23)=C(n2c3ccccc3c3cc(-c4ccc(N(c5ccc(-c6cc7ccccc7s6)cc5)c5cccc6ccccc56)cc4)ccc32)CC1. The maximum Gasteiger partial charge on any atom is 0.154 e. The molecule has 0 unspecified atom stereocenters. The third-order valence-electron chi connectivity index (χ3n) is 11.9. The van der Waals surface area contributed by atoms with Gasteiger partial charge in [0.2, 0.25) is 0 Å². The van der Waals surface area contributed by atoms with E-state index in [1.54, 1.807) is 0 Å². The smallest absolute Gasteiger partial charge is 0.154 e. The van der Waals surface area contributed by atoms with Crippen LogP contribution in [0.2, 0.25) is 0 Å². The van der Waals surface area contributed by atoms with Gasteiger partial charge in [0.05, 0.1) is 22.4 Å². The molecule has 0 saturated heterocycles. The molecule has 0 bridgehead atoms. The van der Waals surface area contributed by atoms with Crippen molar-refractivity contribution in [3.8, 4) is 21.6 Å². The average molecular weight is 761 g/mol. The average Bonchev–Trinajstić information content (AvgIpc) is 3.99. The van der Waals surface area contributed by atoms with Gasteiger partial charge in [0.15, 0.2) is 5.42 Å². The van der Waals surface area contributed by atoms with E-state index in [9.17, 15) is 0 Å². The van der Waals surface area contributed by atoms with E-state index >= 15 is 0 Å². The van der Waals surface area contributed by atoms with E-state index in [4.69, 9.17) is 4.42 Å². The van der Waals surface area contributed by atoms with E-state index in [1.165, 1.54) is 80.5 Å². The molecule has 0 atom stereocenters. The van der Waals surface area contributed by atoms with Crippen molar-refractivity contribution >= 4 is 93.8 Å². The summed E-state index contributed by atoms with van der Waals surface area (Å²) < 4.78 is 10.3. The number of aromatic nitrogens is 1. The molecule has 3 aromatic heterocycles. The Morgan fingerprint density at radius 2 is 1.16 bits per heavy atom. The molecule has 0 radical (unpaired) electrons. The number of fused-ring (bicyclic) bond motifs is 8. The van der Waals surface area contributed by atoms with E-state index in [2.05, 4.69) is 204 Å². The van der Waals surface area contributed by atoms with Gasteiger partial charge in [-0.15, -0.1) is 11.3 Å². The molecule has 11 aromatic rings. The highest BCUT2D eigenvalue weighted by Gasteiger charge is 2.20. The Bertz CT molecular complexity index is 3470. The van der Waals surface area contributed by atoms with Gasteiger partial charge in [-0.2, -0.15) is 0 Å². The van der Waals surface area contributed by atoms with Crippen LogP contribution in [-0.2, 0) is 0 Å². The summed E-state index contributed by atoms with van der Waals surface area (Å²) in [4.78, 5) is 3.67. The van der Waals surface area contributed by atoms with E-state index in [0.717, 1.165) is 40.9 Å². The van der Waals surface area contributed by atoms with Crippen LogP contribution >= 0.6 is 11.3 Å². The molecule has 4 heteroatoms. The van der Waals surface area contributed by atoms with Gasteiger partial charge in [-0.25, -0.2) is 0 Å². The van der Waals surface area contributed by atoms with E-state index < -0.39 is 0 Å². The Morgan fingerprint density at radius 1 is 0.500 bits per heavy atom. The van der Waals surface area contributed by atoms with Gasteiger partial charge in [-0.3, -0.25) is 0 Å². The molecule has 0 saturated carbocycles. The molecule has 0 fully saturated rings. The molecule has 0 N–H and O–H groups in total. The number of nitrogens with zero attached hydrogens (tertiary/aromatic N) is 2. The predicted molar refractivity (Wildman–Crippen MR) is 246 cm³/mol. The topological polar surface area (TPSA) is 21.3 Å². The second-order valence-electron chi connectivity index (χ2n) is 15.2. The second kappa shape index (κ2) is 13.2. The molecule has 3 heterocycles. The van der Waals surface area contributed by atoms with Crippen molar-refractivity contribution in [2.75, 3.05) is 4.90 Å². The van der Waals surface area contributed by atoms with Crippen LogP contribution in [0.3, 0.4) is 0 Å². The molecule has 3 nitrogen and oxygen atoms in total. The van der Waals surface area contributed by atoms with Gasteiger partial charge in [0.1, 0.15) is 5.58 Å². The highest BCUT2D eigenvalue weighted by molar-refractivity contribution is 7.22. The van der Waals surface area contributed by atoms with Crippen molar-refractivity contribution in [3.63, 3.8) is 0 Å². The van der Waals surface area contributed by atoms with Crippen LogP contribution in [0, 0.1) is 0 Å².